The Kier molecular flexibility index (Phi) is 3.80. The molecular weight excluding hydrogens is 356 g/mol. The van der Waals surface area contributed by atoms with Crippen molar-refractivity contribution < 1.29 is 23.1 Å². The molecule has 7 nitrogen and oxygen atoms in total. The van der Waals surface area contributed by atoms with Crippen molar-refractivity contribution in [2.45, 2.75) is 25.7 Å². The summed E-state index contributed by atoms with van der Waals surface area (Å²) in [5, 5.41) is 9.68. The van der Waals surface area contributed by atoms with E-state index >= 15 is 0 Å². The SMILES string of the molecule is CS(=O)(=O)N1CCc2cc(C(=O)N3C[C@@H]4CCC[C@@]4(C(=O)O)C3)ccc21. The van der Waals surface area contributed by atoms with Gasteiger partial charge in [-0.3, -0.25) is 13.9 Å². The summed E-state index contributed by atoms with van der Waals surface area (Å²) < 4.78 is 25.0. The average molecular weight is 378 g/mol. The minimum Gasteiger partial charge on any atom is -0.481 e. The van der Waals surface area contributed by atoms with Crippen molar-refractivity contribution in [3.63, 3.8) is 0 Å². The van der Waals surface area contributed by atoms with Crippen molar-refractivity contribution in [3.05, 3.63) is 29.3 Å². The van der Waals surface area contributed by atoms with E-state index in [-0.39, 0.29) is 18.4 Å². The van der Waals surface area contributed by atoms with Crippen molar-refractivity contribution in [1.29, 1.82) is 0 Å². The van der Waals surface area contributed by atoms with Gasteiger partial charge in [0.05, 0.1) is 17.4 Å². The Labute approximate surface area is 152 Å². The van der Waals surface area contributed by atoms with Crippen LogP contribution in [0.3, 0.4) is 0 Å². The van der Waals surface area contributed by atoms with E-state index in [2.05, 4.69) is 0 Å². The van der Waals surface area contributed by atoms with Gasteiger partial charge in [0.15, 0.2) is 0 Å². The molecular formula is C18H22N2O5S. The maximum Gasteiger partial charge on any atom is 0.311 e. The highest BCUT2D eigenvalue weighted by atomic mass is 32.2. The van der Waals surface area contributed by atoms with Crippen LogP contribution in [0.25, 0.3) is 0 Å². The molecule has 2 heterocycles. The topological polar surface area (TPSA) is 95.0 Å². The molecule has 0 spiro atoms. The summed E-state index contributed by atoms with van der Waals surface area (Å²) in [7, 11) is -3.32. The number of carboxylic acids is 1. The monoisotopic (exact) mass is 378 g/mol. The number of fused-ring (bicyclic) bond motifs is 2. The molecule has 1 N–H and O–H groups in total. The minimum absolute atomic E-state index is 0.0269. The van der Waals surface area contributed by atoms with Gasteiger partial charge in [-0.1, -0.05) is 6.42 Å². The Morgan fingerprint density at radius 2 is 2.08 bits per heavy atom. The van der Waals surface area contributed by atoms with Crippen molar-refractivity contribution in [2.24, 2.45) is 11.3 Å². The van der Waals surface area contributed by atoms with Gasteiger partial charge in [0.2, 0.25) is 10.0 Å². The van der Waals surface area contributed by atoms with Crippen molar-refractivity contribution in [2.75, 3.05) is 30.2 Å². The minimum atomic E-state index is -3.32. The molecule has 8 heteroatoms. The summed E-state index contributed by atoms with van der Waals surface area (Å²) >= 11 is 0. The van der Waals surface area contributed by atoms with Crippen LogP contribution in [0.4, 0.5) is 5.69 Å². The molecule has 1 saturated heterocycles. The maximum atomic E-state index is 12.9. The lowest BCUT2D eigenvalue weighted by Crippen LogP contribution is -2.37. The first kappa shape index (κ1) is 17.3. The molecule has 2 atom stereocenters. The highest BCUT2D eigenvalue weighted by Crippen LogP contribution is 2.49. The lowest BCUT2D eigenvalue weighted by Gasteiger charge is -2.23. The van der Waals surface area contributed by atoms with E-state index in [4.69, 9.17) is 0 Å². The molecule has 0 radical (unpaired) electrons. The fourth-order valence-corrected chi connectivity index (χ4v) is 5.78. The van der Waals surface area contributed by atoms with Gasteiger partial charge in [0, 0.05) is 25.2 Å². The standard InChI is InChI=1S/C18H22N2O5S/c1-26(24,25)20-8-6-12-9-13(4-5-15(12)20)16(21)19-10-14-3-2-7-18(14,11-19)17(22)23/h4-5,9,14H,2-3,6-8,10-11H2,1H3,(H,22,23)/t14-,18+/m0/s1. The fourth-order valence-electron chi connectivity index (χ4n) is 4.83. The Balaban J connectivity index is 1.58. The van der Waals surface area contributed by atoms with Crippen LogP contribution in [0.5, 0.6) is 0 Å². The Bertz CT molecular complexity index is 897. The summed E-state index contributed by atoms with van der Waals surface area (Å²) in [6.07, 6.45) is 4.13. The van der Waals surface area contributed by atoms with Crippen LogP contribution in [-0.2, 0) is 21.2 Å². The number of carboxylic acid groups (broad SMARTS) is 1. The lowest BCUT2D eigenvalue weighted by molar-refractivity contribution is -0.149. The predicted octanol–water partition coefficient (Wildman–Crippen LogP) is 1.34. The number of carbonyl (C=O) groups is 2. The first-order valence-electron chi connectivity index (χ1n) is 8.86. The molecule has 1 saturated carbocycles. The molecule has 26 heavy (non-hydrogen) atoms. The predicted molar refractivity (Wildman–Crippen MR) is 95.6 cm³/mol. The Hall–Kier alpha value is -2.09. The molecule has 0 bridgehead atoms. The van der Waals surface area contributed by atoms with Gasteiger partial charge in [-0.05, 0) is 48.9 Å². The number of amides is 1. The molecule has 0 unspecified atom stereocenters. The Morgan fingerprint density at radius 3 is 2.73 bits per heavy atom. The van der Waals surface area contributed by atoms with Gasteiger partial charge >= 0.3 is 5.97 Å². The summed E-state index contributed by atoms with van der Waals surface area (Å²) in [4.78, 5) is 26.4. The zero-order chi connectivity index (χ0) is 18.7. The number of nitrogens with zero attached hydrogens (tertiary/aromatic N) is 2. The second-order valence-electron chi connectivity index (χ2n) is 7.66. The number of hydrogen-bond donors (Lipinski definition) is 1. The molecule has 1 aromatic carbocycles. The van der Waals surface area contributed by atoms with E-state index in [1.807, 2.05) is 0 Å². The van der Waals surface area contributed by atoms with Gasteiger partial charge in [-0.2, -0.15) is 0 Å². The molecule has 1 amide bonds. The third kappa shape index (κ3) is 2.50. The van der Waals surface area contributed by atoms with Gasteiger partial charge in [-0.15, -0.1) is 0 Å². The van der Waals surface area contributed by atoms with E-state index in [0.29, 0.717) is 37.2 Å². The number of benzene rings is 1. The first-order valence-corrected chi connectivity index (χ1v) is 10.7. The number of aliphatic carboxylic acids is 1. The van der Waals surface area contributed by atoms with Crippen molar-refractivity contribution >= 4 is 27.6 Å². The summed E-state index contributed by atoms with van der Waals surface area (Å²) in [6, 6.07) is 5.08. The number of hydrogen-bond acceptors (Lipinski definition) is 4. The second-order valence-corrected chi connectivity index (χ2v) is 9.57. The van der Waals surface area contributed by atoms with E-state index in [9.17, 15) is 23.1 Å². The number of rotatable bonds is 3. The normalized spacial score (nSPS) is 27.5. The molecule has 140 valence electrons. The van der Waals surface area contributed by atoms with Crippen molar-refractivity contribution in [1.82, 2.24) is 4.90 Å². The quantitative estimate of drug-likeness (QED) is 0.856. The van der Waals surface area contributed by atoms with Gasteiger partial charge in [0.1, 0.15) is 0 Å². The van der Waals surface area contributed by atoms with Crippen LogP contribution in [0.1, 0.15) is 35.2 Å². The number of likely N-dealkylation sites (tertiary alicyclic amines) is 1. The smallest absolute Gasteiger partial charge is 0.311 e. The molecule has 2 fully saturated rings. The maximum absolute atomic E-state index is 12.9. The number of sulfonamides is 1. The third-order valence-corrected chi connectivity index (χ3v) is 7.34. The number of anilines is 1. The molecule has 1 aromatic rings. The van der Waals surface area contributed by atoms with E-state index in [1.54, 1.807) is 23.1 Å². The number of carbonyl (C=O) groups excluding carboxylic acids is 1. The van der Waals surface area contributed by atoms with E-state index in [1.165, 1.54) is 10.6 Å². The molecule has 3 aliphatic rings. The van der Waals surface area contributed by atoms with Crippen LogP contribution in [0.15, 0.2) is 18.2 Å². The lowest BCUT2D eigenvalue weighted by atomic mass is 9.81. The third-order valence-electron chi connectivity index (χ3n) is 6.16. The molecule has 1 aliphatic carbocycles. The highest BCUT2D eigenvalue weighted by molar-refractivity contribution is 7.92. The summed E-state index contributed by atoms with van der Waals surface area (Å²) in [5.41, 5.74) is 1.18. The molecule has 4 rings (SSSR count). The van der Waals surface area contributed by atoms with Crippen LogP contribution in [-0.4, -0.2) is 56.2 Å². The van der Waals surface area contributed by atoms with Crippen LogP contribution < -0.4 is 4.31 Å². The van der Waals surface area contributed by atoms with Gasteiger partial charge in [0.25, 0.3) is 5.91 Å². The average Bonchev–Trinajstić information content (AvgIpc) is 3.24. The zero-order valence-electron chi connectivity index (χ0n) is 14.6. The van der Waals surface area contributed by atoms with Crippen LogP contribution in [0.2, 0.25) is 0 Å². The summed E-state index contributed by atoms with van der Waals surface area (Å²) in [5.74, 6) is -0.937. The highest BCUT2D eigenvalue weighted by Gasteiger charge is 2.55. The zero-order valence-corrected chi connectivity index (χ0v) is 15.5. The van der Waals surface area contributed by atoms with E-state index in [0.717, 1.165) is 18.4 Å². The summed E-state index contributed by atoms with van der Waals surface area (Å²) in [6.45, 7) is 1.13. The van der Waals surface area contributed by atoms with E-state index < -0.39 is 21.4 Å². The fraction of sp³-hybridized carbons (Fsp3) is 0.556. The van der Waals surface area contributed by atoms with Crippen molar-refractivity contribution in [3.8, 4) is 0 Å². The van der Waals surface area contributed by atoms with Crippen LogP contribution in [0, 0.1) is 11.3 Å². The van der Waals surface area contributed by atoms with Gasteiger partial charge in [-0.25, -0.2) is 8.42 Å². The largest absolute Gasteiger partial charge is 0.481 e. The second kappa shape index (κ2) is 5.70. The Morgan fingerprint density at radius 1 is 1.31 bits per heavy atom. The first-order chi connectivity index (χ1) is 12.2. The van der Waals surface area contributed by atoms with Crippen LogP contribution >= 0.6 is 0 Å². The molecule has 0 aromatic heterocycles. The van der Waals surface area contributed by atoms with Gasteiger partial charge < -0.3 is 10.0 Å². The molecule has 2 aliphatic heterocycles.